The van der Waals surface area contributed by atoms with Gasteiger partial charge >= 0.3 is 6.18 Å². The van der Waals surface area contributed by atoms with Crippen LogP contribution in [-0.4, -0.2) is 66.8 Å². The number of alkyl halides is 3. The number of hydrogen-bond donors (Lipinski definition) is 2. The van der Waals surface area contributed by atoms with Gasteiger partial charge < -0.3 is 14.9 Å². The number of aliphatic hydroxyl groups excluding tert-OH is 2. The van der Waals surface area contributed by atoms with Crippen LogP contribution in [0.25, 0.3) is 0 Å². The summed E-state index contributed by atoms with van der Waals surface area (Å²) in [4.78, 5) is 1.10. The maximum absolute atomic E-state index is 12.3. The van der Waals surface area contributed by atoms with Gasteiger partial charge in [-0.15, -0.1) is 0 Å². The molecule has 1 saturated heterocycles. The Hall–Kier alpha value is -0.370. The van der Waals surface area contributed by atoms with Crippen LogP contribution in [0, 0.1) is 5.92 Å². The second-order valence-corrected chi connectivity index (χ2v) is 4.26. The van der Waals surface area contributed by atoms with Crippen molar-refractivity contribution in [3.63, 3.8) is 0 Å². The van der Waals surface area contributed by atoms with Crippen LogP contribution in [0.5, 0.6) is 0 Å². The van der Waals surface area contributed by atoms with Crippen molar-refractivity contribution in [1.29, 1.82) is 0 Å². The summed E-state index contributed by atoms with van der Waals surface area (Å²) < 4.78 is 41.9. The molecular weight excluding hydrogens is 239 g/mol. The van der Waals surface area contributed by atoms with Crippen LogP contribution in [-0.2, 0) is 4.74 Å². The van der Waals surface area contributed by atoms with Gasteiger partial charge in [0.05, 0.1) is 25.9 Å². The number of hydrogen-bond acceptors (Lipinski definition) is 4. The molecule has 1 aliphatic rings. The molecule has 0 aromatic heterocycles. The molecule has 0 aromatic rings. The zero-order valence-electron chi connectivity index (χ0n) is 9.49. The fourth-order valence-electron chi connectivity index (χ4n) is 1.92. The monoisotopic (exact) mass is 257 g/mol. The van der Waals surface area contributed by atoms with Gasteiger partial charge in [0.25, 0.3) is 0 Å². The normalized spacial score (nSPS) is 26.5. The SMILES string of the molecule is OCCN(CC1COCCC1O)CC(F)(F)F. The second-order valence-electron chi connectivity index (χ2n) is 4.26. The summed E-state index contributed by atoms with van der Waals surface area (Å²) >= 11 is 0. The van der Waals surface area contributed by atoms with E-state index in [-0.39, 0.29) is 32.2 Å². The van der Waals surface area contributed by atoms with E-state index < -0.39 is 18.8 Å². The van der Waals surface area contributed by atoms with E-state index in [2.05, 4.69) is 0 Å². The summed E-state index contributed by atoms with van der Waals surface area (Å²) in [6, 6.07) is 0. The summed E-state index contributed by atoms with van der Waals surface area (Å²) in [5.41, 5.74) is 0. The van der Waals surface area contributed by atoms with Gasteiger partial charge in [-0.1, -0.05) is 0 Å². The first kappa shape index (κ1) is 14.7. The summed E-state index contributed by atoms with van der Waals surface area (Å²) in [6.45, 7) is -0.668. The molecule has 1 aliphatic heterocycles. The predicted octanol–water partition coefficient (Wildman–Crippen LogP) is 0.240. The Labute approximate surface area is 98.0 Å². The molecule has 2 N–H and O–H groups in total. The Balaban J connectivity index is 2.47. The average molecular weight is 257 g/mol. The number of aliphatic hydroxyl groups is 2. The van der Waals surface area contributed by atoms with Crippen LogP contribution in [0.1, 0.15) is 6.42 Å². The van der Waals surface area contributed by atoms with E-state index in [1.54, 1.807) is 0 Å². The van der Waals surface area contributed by atoms with Crippen LogP contribution in [0.2, 0.25) is 0 Å². The van der Waals surface area contributed by atoms with E-state index in [0.29, 0.717) is 13.0 Å². The lowest BCUT2D eigenvalue weighted by Gasteiger charge is -2.32. The molecule has 1 heterocycles. The number of ether oxygens (including phenoxy) is 1. The van der Waals surface area contributed by atoms with Gasteiger partial charge in [-0.05, 0) is 6.42 Å². The molecular formula is C10H18F3NO3. The second kappa shape index (κ2) is 6.53. The topological polar surface area (TPSA) is 52.9 Å². The molecule has 1 fully saturated rings. The lowest BCUT2D eigenvalue weighted by atomic mass is 9.98. The molecule has 2 unspecified atom stereocenters. The van der Waals surface area contributed by atoms with Gasteiger partial charge in [-0.25, -0.2) is 0 Å². The Morgan fingerprint density at radius 2 is 2.06 bits per heavy atom. The van der Waals surface area contributed by atoms with Crippen molar-refractivity contribution >= 4 is 0 Å². The van der Waals surface area contributed by atoms with Crippen molar-refractivity contribution in [2.75, 3.05) is 39.5 Å². The standard InChI is InChI=1S/C10H18F3NO3/c11-10(12,13)7-14(2-3-15)5-8-6-17-4-1-9(8)16/h8-9,15-16H,1-7H2. The first-order chi connectivity index (χ1) is 7.92. The lowest BCUT2D eigenvalue weighted by Crippen LogP contribution is -2.45. The largest absolute Gasteiger partial charge is 0.401 e. The van der Waals surface area contributed by atoms with Gasteiger partial charge in [0, 0.05) is 25.6 Å². The molecule has 2 atom stereocenters. The highest BCUT2D eigenvalue weighted by Gasteiger charge is 2.33. The predicted molar refractivity (Wildman–Crippen MR) is 54.5 cm³/mol. The van der Waals surface area contributed by atoms with Gasteiger partial charge in [0.15, 0.2) is 0 Å². The molecule has 0 aliphatic carbocycles. The molecule has 1 rings (SSSR count). The van der Waals surface area contributed by atoms with Crippen LogP contribution >= 0.6 is 0 Å². The fourth-order valence-corrected chi connectivity index (χ4v) is 1.92. The number of rotatable bonds is 5. The molecule has 0 spiro atoms. The van der Waals surface area contributed by atoms with Gasteiger partial charge in [-0.2, -0.15) is 13.2 Å². The Kier molecular flexibility index (Phi) is 5.64. The summed E-state index contributed by atoms with van der Waals surface area (Å²) in [5, 5.41) is 18.4. The van der Waals surface area contributed by atoms with Crippen molar-refractivity contribution in [2.45, 2.75) is 18.7 Å². The number of halogens is 3. The third-order valence-corrected chi connectivity index (χ3v) is 2.75. The molecule has 4 nitrogen and oxygen atoms in total. The van der Waals surface area contributed by atoms with Crippen molar-refractivity contribution in [3.8, 4) is 0 Å². The van der Waals surface area contributed by atoms with E-state index in [1.165, 1.54) is 0 Å². The van der Waals surface area contributed by atoms with E-state index in [1.807, 2.05) is 0 Å². The minimum atomic E-state index is -4.30. The maximum atomic E-state index is 12.3. The van der Waals surface area contributed by atoms with E-state index >= 15 is 0 Å². The van der Waals surface area contributed by atoms with Gasteiger partial charge in [-0.3, -0.25) is 4.90 Å². The van der Waals surface area contributed by atoms with Crippen LogP contribution < -0.4 is 0 Å². The number of nitrogens with zero attached hydrogens (tertiary/aromatic N) is 1. The van der Waals surface area contributed by atoms with Crippen molar-refractivity contribution in [2.24, 2.45) is 5.92 Å². The van der Waals surface area contributed by atoms with E-state index in [4.69, 9.17) is 9.84 Å². The summed E-state index contributed by atoms with van der Waals surface area (Å²) in [6.07, 6.45) is -4.47. The zero-order valence-corrected chi connectivity index (χ0v) is 9.49. The van der Waals surface area contributed by atoms with Crippen LogP contribution in [0.15, 0.2) is 0 Å². The first-order valence-corrected chi connectivity index (χ1v) is 5.58. The van der Waals surface area contributed by atoms with E-state index in [0.717, 1.165) is 4.90 Å². The minimum Gasteiger partial charge on any atom is -0.395 e. The highest BCUT2D eigenvalue weighted by molar-refractivity contribution is 4.77. The quantitative estimate of drug-likeness (QED) is 0.741. The molecule has 0 amide bonds. The molecule has 102 valence electrons. The zero-order chi connectivity index (χ0) is 12.9. The minimum absolute atomic E-state index is 0.0528. The van der Waals surface area contributed by atoms with Gasteiger partial charge in [0.1, 0.15) is 0 Å². The molecule has 7 heteroatoms. The smallest absolute Gasteiger partial charge is 0.395 e. The van der Waals surface area contributed by atoms with Crippen LogP contribution in [0.3, 0.4) is 0 Å². The first-order valence-electron chi connectivity index (χ1n) is 5.58. The van der Waals surface area contributed by atoms with Crippen LogP contribution in [0.4, 0.5) is 13.2 Å². The third-order valence-electron chi connectivity index (χ3n) is 2.75. The molecule has 0 radical (unpaired) electrons. The highest BCUT2D eigenvalue weighted by atomic mass is 19.4. The van der Waals surface area contributed by atoms with Gasteiger partial charge in [0.2, 0.25) is 0 Å². The molecule has 0 aromatic carbocycles. The molecule has 0 saturated carbocycles. The lowest BCUT2D eigenvalue weighted by molar-refractivity contribution is -0.152. The maximum Gasteiger partial charge on any atom is 0.401 e. The molecule has 17 heavy (non-hydrogen) atoms. The Morgan fingerprint density at radius 3 is 2.59 bits per heavy atom. The average Bonchev–Trinajstić information content (AvgIpc) is 2.19. The van der Waals surface area contributed by atoms with Crippen molar-refractivity contribution in [1.82, 2.24) is 4.90 Å². The highest BCUT2D eigenvalue weighted by Crippen LogP contribution is 2.20. The summed E-state index contributed by atoms with van der Waals surface area (Å²) in [5.74, 6) is -0.322. The third kappa shape index (κ3) is 5.67. The fraction of sp³-hybridized carbons (Fsp3) is 1.00. The Morgan fingerprint density at radius 1 is 1.35 bits per heavy atom. The van der Waals surface area contributed by atoms with Crippen molar-refractivity contribution in [3.05, 3.63) is 0 Å². The van der Waals surface area contributed by atoms with E-state index in [9.17, 15) is 18.3 Å². The van der Waals surface area contributed by atoms with Crippen molar-refractivity contribution < 1.29 is 28.1 Å². The Bertz CT molecular complexity index is 225. The summed E-state index contributed by atoms with van der Waals surface area (Å²) in [7, 11) is 0. The molecule has 0 bridgehead atoms.